The van der Waals surface area contributed by atoms with Crippen LogP contribution in [-0.2, 0) is 4.74 Å². The molecule has 0 saturated heterocycles. The second-order valence-electron chi connectivity index (χ2n) is 4.17. The van der Waals surface area contributed by atoms with Gasteiger partial charge in [-0.1, -0.05) is 13.5 Å². The second-order valence-corrected chi connectivity index (χ2v) is 4.17. The van der Waals surface area contributed by atoms with E-state index in [4.69, 9.17) is 9.47 Å². The average Bonchev–Trinajstić information content (AvgIpc) is 2.29. The summed E-state index contributed by atoms with van der Waals surface area (Å²) in [5, 5.41) is 0. The maximum Gasteiger partial charge on any atom is 0.240 e. The number of ketones is 1. The van der Waals surface area contributed by atoms with Crippen LogP contribution in [0.3, 0.4) is 0 Å². The number of carbonyl (C=O) groups is 1. The van der Waals surface area contributed by atoms with Gasteiger partial charge in [-0.05, 0) is 44.0 Å². The Labute approximate surface area is 108 Å². The highest BCUT2D eigenvalue weighted by Crippen LogP contribution is 2.20. The predicted octanol–water partition coefficient (Wildman–Crippen LogP) is 3.86. The highest BCUT2D eigenvalue weighted by molar-refractivity contribution is 5.95. The zero-order valence-corrected chi connectivity index (χ0v) is 11.2. The Hall–Kier alpha value is -1.77. The van der Waals surface area contributed by atoms with Crippen molar-refractivity contribution in [3.05, 3.63) is 42.2 Å². The van der Waals surface area contributed by atoms with E-state index in [0.29, 0.717) is 5.75 Å². The van der Waals surface area contributed by atoms with Crippen LogP contribution in [0.5, 0.6) is 5.75 Å². The van der Waals surface area contributed by atoms with Crippen LogP contribution in [0, 0.1) is 6.92 Å². The summed E-state index contributed by atoms with van der Waals surface area (Å²) in [6, 6.07) is 5.43. The number of hydrogen-bond acceptors (Lipinski definition) is 3. The standard InChI is InChI=1S/C15H20O3/c1-5-7-15(17-6-2)18-13-8-9-14(12(4)16)11(3)10-13/h6,8-10,15H,2,5,7H2,1,3-4H3. The molecule has 0 spiro atoms. The van der Waals surface area contributed by atoms with Gasteiger partial charge in [0.2, 0.25) is 6.29 Å². The van der Waals surface area contributed by atoms with Crippen molar-refractivity contribution in [1.82, 2.24) is 0 Å². The van der Waals surface area contributed by atoms with Crippen LogP contribution in [0.25, 0.3) is 0 Å². The van der Waals surface area contributed by atoms with E-state index in [0.717, 1.165) is 24.0 Å². The third-order valence-electron chi connectivity index (χ3n) is 2.62. The fourth-order valence-corrected chi connectivity index (χ4v) is 1.75. The quantitative estimate of drug-likeness (QED) is 0.417. The minimum Gasteiger partial charge on any atom is -0.463 e. The molecule has 1 atom stereocenters. The molecule has 1 unspecified atom stereocenters. The first-order chi connectivity index (χ1) is 8.58. The van der Waals surface area contributed by atoms with Gasteiger partial charge in [-0.15, -0.1) is 0 Å². The van der Waals surface area contributed by atoms with Crippen molar-refractivity contribution in [2.24, 2.45) is 0 Å². The number of benzene rings is 1. The average molecular weight is 248 g/mol. The Kier molecular flexibility index (Phi) is 5.43. The molecule has 1 aromatic carbocycles. The zero-order valence-electron chi connectivity index (χ0n) is 11.2. The third kappa shape index (κ3) is 3.91. The topological polar surface area (TPSA) is 35.5 Å². The van der Waals surface area contributed by atoms with Crippen LogP contribution in [0.15, 0.2) is 31.0 Å². The second kappa shape index (κ2) is 6.84. The van der Waals surface area contributed by atoms with E-state index in [2.05, 4.69) is 13.5 Å². The van der Waals surface area contributed by atoms with Gasteiger partial charge in [0.05, 0.1) is 6.26 Å². The van der Waals surface area contributed by atoms with Crippen LogP contribution < -0.4 is 4.74 Å². The van der Waals surface area contributed by atoms with Crippen LogP contribution in [-0.4, -0.2) is 12.1 Å². The molecule has 18 heavy (non-hydrogen) atoms. The molecule has 0 fully saturated rings. The summed E-state index contributed by atoms with van der Waals surface area (Å²) >= 11 is 0. The van der Waals surface area contributed by atoms with Crippen molar-refractivity contribution in [3.8, 4) is 5.75 Å². The van der Waals surface area contributed by atoms with Gasteiger partial charge in [-0.3, -0.25) is 4.79 Å². The first-order valence-corrected chi connectivity index (χ1v) is 6.13. The van der Waals surface area contributed by atoms with Crippen molar-refractivity contribution in [1.29, 1.82) is 0 Å². The summed E-state index contributed by atoms with van der Waals surface area (Å²) in [4.78, 5) is 11.3. The molecular formula is C15H20O3. The van der Waals surface area contributed by atoms with Crippen molar-refractivity contribution in [2.45, 2.75) is 39.9 Å². The number of rotatable bonds is 7. The molecule has 0 saturated carbocycles. The van der Waals surface area contributed by atoms with Crippen molar-refractivity contribution in [2.75, 3.05) is 0 Å². The molecule has 3 nitrogen and oxygen atoms in total. The van der Waals surface area contributed by atoms with E-state index in [9.17, 15) is 4.79 Å². The maximum atomic E-state index is 11.3. The molecule has 0 bridgehead atoms. The smallest absolute Gasteiger partial charge is 0.240 e. The molecule has 0 radical (unpaired) electrons. The van der Waals surface area contributed by atoms with E-state index < -0.39 is 0 Å². The van der Waals surface area contributed by atoms with Crippen molar-refractivity contribution < 1.29 is 14.3 Å². The molecule has 1 rings (SSSR count). The zero-order chi connectivity index (χ0) is 13.5. The number of Topliss-reactive ketones (excluding diaryl/α,β-unsaturated/α-hetero) is 1. The Morgan fingerprint density at radius 1 is 1.50 bits per heavy atom. The van der Waals surface area contributed by atoms with Crippen LogP contribution in [0.2, 0.25) is 0 Å². The minimum absolute atomic E-state index is 0.0616. The van der Waals surface area contributed by atoms with E-state index in [1.54, 1.807) is 19.1 Å². The molecule has 0 aliphatic rings. The lowest BCUT2D eigenvalue weighted by Crippen LogP contribution is -2.17. The Morgan fingerprint density at radius 2 is 2.22 bits per heavy atom. The van der Waals surface area contributed by atoms with E-state index in [1.165, 1.54) is 6.26 Å². The van der Waals surface area contributed by atoms with Crippen molar-refractivity contribution in [3.63, 3.8) is 0 Å². The molecule has 0 heterocycles. The minimum atomic E-state index is -0.324. The van der Waals surface area contributed by atoms with Gasteiger partial charge in [-0.25, -0.2) is 0 Å². The van der Waals surface area contributed by atoms with Gasteiger partial charge in [0.1, 0.15) is 5.75 Å². The molecule has 0 N–H and O–H groups in total. The first kappa shape index (κ1) is 14.3. The molecule has 0 aliphatic carbocycles. The van der Waals surface area contributed by atoms with Gasteiger partial charge < -0.3 is 9.47 Å². The molecular weight excluding hydrogens is 228 g/mol. The maximum absolute atomic E-state index is 11.3. The lowest BCUT2D eigenvalue weighted by atomic mass is 10.1. The molecule has 0 aliphatic heterocycles. The van der Waals surface area contributed by atoms with Crippen LogP contribution in [0.4, 0.5) is 0 Å². The first-order valence-electron chi connectivity index (χ1n) is 6.13. The summed E-state index contributed by atoms with van der Waals surface area (Å²) in [6.07, 6.45) is 2.81. The molecule has 98 valence electrons. The van der Waals surface area contributed by atoms with Gasteiger partial charge in [0.15, 0.2) is 5.78 Å². The molecule has 0 amide bonds. The fraction of sp³-hybridized carbons (Fsp3) is 0.400. The number of hydrogen-bond donors (Lipinski definition) is 0. The Morgan fingerprint density at radius 3 is 2.72 bits per heavy atom. The summed E-state index contributed by atoms with van der Waals surface area (Å²) in [6.45, 7) is 9.05. The van der Waals surface area contributed by atoms with E-state index in [1.807, 2.05) is 13.0 Å². The molecule has 1 aromatic rings. The third-order valence-corrected chi connectivity index (χ3v) is 2.62. The summed E-state index contributed by atoms with van der Waals surface area (Å²) in [7, 11) is 0. The largest absolute Gasteiger partial charge is 0.463 e. The van der Waals surface area contributed by atoms with Gasteiger partial charge in [0.25, 0.3) is 0 Å². The van der Waals surface area contributed by atoms with Gasteiger partial charge in [0, 0.05) is 12.0 Å². The molecule has 0 aromatic heterocycles. The van der Waals surface area contributed by atoms with Gasteiger partial charge in [-0.2, -0.15) is 0 Å². The monoisotopic (exact) mass is 248 g/mol. The highest BCUT2D eigenvalue weighted by Gasteiger charge is 2.10. The number of carbonyl (C=O) groups excluding carboxylic acids is 1. The van der Waals surface area contributed by atoms with Crippen LogP contribution in [0.1, 0.15) is 42.6 Å². The van der Waals surface area contributed by atoms with E-state index in [-0.39, 0.29) is 12.1 Å². The van der Waals surface area contributed by atoms with Gasteiger partial charge >= 0.3 is 0 Å². The Bertz CT molecular complexity index is 424. The summed E-state index contributed by atoms with van der Waals surface area (Å²) < 4.78 is 11.0. The Balaban J connectivity index is 2.80. The summed E-state index contributed by atoms with van der Waals surface area (Å²) in [5.41, 5.74) is 1.63. The number of ether oxygens (including phenoxy) is 2. The highest BCUT2D eigenvalue weighted by atomic mass is 16.7. The number of aryl methyl sites for hydroxylation is 1. The SMILES string of the molecule is C=COC(CCC)Oc1ccc(C(C)=O)c(C)c1. The lowest BCUT2D eigenvalue weighted by molar-refractivity contribution is -0.0348. The normalized spacial score (nSPS) is 11.7. The van der Waals surface area contributed by atoms with Crippen LogP contribution >= 0.6 is 0 Å². The van der Waals surface area contributed by atoms with E-state index >= 15 is 0 Å². The van der Waals surface area contributed by atoms with Crippen molar-refractivity contribution >= 4 is 5.78 Å². The predicted molar refractivity (Wildman–Crippen MR) is 71.8 cm³/mol. The fourth-order valence-electron chi connectivity index (χ4n) is 1.75. The lowest BCUT2D eigenvalue weighted by Gasteiger charge is -2.18. The summed E-state index contributed by atoms with van der Waals surface area (Å²) in [5.74, 6) is 0.768. The molecule has 3 heteroatoms.